The topological polar surface area (TPSA) is 63.9 Å². The molecule has 1 aliphatic heterocycles. The van der Waals surface area contributed by atoms with Gasteiger partial charge >= 0.3 is 0 Å². The molecule has 0 spiro atoms. The van der Waals surface area contributed by atoms with Crippen molar-refractivity contribution < 1.29 is 9.47 Å². The third kappa shape index (κ3) is 6.18. The van der Waals surface area contributed by atoms with E-state index in [1.807, 2.05) is 24.1 Å². The van der Waals surface area contributed by atoms with Gasteiger partial charge in [-0.1, -0.05) is 24.3 Å². The van der Waals surface area contributed by atoms with Gasteiger partial charge in [0.2, 0.25) is 0 Å². The number of benzene rings is 1. The fraction of sp³-hybridized carbons (Fsp3) is 0.500. The van der Waals surface area contributed by atoms with Crippen molar-refractivity contribution in [3.8, 4) is 0 Å². The Bertz CT molecular complexity index is 765. The molecule has 3 rings (SSSR count). The van der Waals surface area contributed by atoms with Gasteiger partial charge in [-0.15, -0.1) is 24.0 Å². The van der Waals surface area contributed by atoms with E-state index in [4.69, 9.17) is 14.5 Å². The van der Waals surface area contributed by atoms with E-state index < -0.39 is 0 Å². The van der Waals surface area contributed by atoms with Crippen LogP contribution in [0.1, 0.15) is 29.7 Å². The van der Waals surface area contributed by atoms with Crippen molar-refractivity contribution in [3.63, 3.8) is 0 Å². The molecule has 0 bridgehead atoms. The second kappa shape index (κ2) is 11.4. The summed E-state index contributed by atoms with van der Waals surface area (Å²) in [6.45, 7) is 6.44. The highest BCUT2D eigenvalue weighted by Crippen LogP contribution is 2.21. The number of ether oxygens (including phenoxy) is 2. The third-order valence-corrected chi connectivity index (χ3v) is 4.51. The summed E-state index contributed by atoms with van der Waals surface area (Å²) in [6.07, 6.45) is 3.90. The van der Waals surface area contributed by atoms with Gasteiger partial charge in [-0.3, -0.25) is 4.68 Å². The Hall–Kier alpha value is -1.65. The molecule has 28 heavy (non-hydrogen) atoms. The van der Waals surface area contributed by atoms with Gasteiger partial charge in [0.1, 0.15) is 6.10 Å². The number of guanidine groups is 1. The Morgan fingerprint density at radius 2 is 2.21 bits per heavy atom. The molecule has 1 aliphatic rings. The van der Waals surface area contributed by atoms with E-state index >= 15 is 0 Å². The summed E-state index contributed by atoms with van der Waals surface area (Å²) in [6, 6.07) is 8.37. The van der Waals surface area contributed by atoms with Crippen LogP contribution in [-0.4, -0.2) is 54.0 Å². The summed E-state index contributed by atoms with van der Waals surface area (Å²) in [5, 5.41) is 7.67. The maximum atomic E-state index is 5.95. The van der Waals surface area contributed by atoms with Gasteiger partial charge in [0.05, 0.1) is 32.5 Å². The van der Waals surface area contributed by atoms with Crippen molar-refractivity contribution >= 4 is 29.9 Å². The average molecular weight is 499 g/mol. The normalized spacial score (nSPS) is 17.3. The molecule has 1 unspecified atom stereocenters. The molecule has 1 aromatic carbocycles. The van der Waals surface area contributed by atoms with Crippen LogP contribution in [0.5, 0.6) is 0 Å². The fourth-order valence-corrected chi connectivity index (χ4v) is 3.23. The highest BCUT2D eigenvalue weighted by atomic mass is 127. The summed E-state index contributed by atoms with van der Waals surface area (Å²) in [5.41, 5.74) is 3.44. The van der Waals surface area contributed by atoms with E-state index in [0.717, 1.165) is 31.2 Å². The van der Waals surface area contributed by atoms with Crippen molar-refractivity contribution in [1.82, 2.24) is 20.0 Å². The number of nitrogens with zero attached hydrogens (tertiary/aromatic N) is 4. The van der Waals surface area contributed by atoms with E-state index in [9.17, 15) is 0 Å². The predicted octanol–water partition coefficient (Wildman–Crippen LogP) is 2.72. The minimum absolute atomic E-state index is 0. The number of morpholine rings is 1. The number of methoxy groups -OCH3 is 1. The van der Waals surface area contributed by atoms with Crippen molar-refractivity contribution in [2.45, 2.75) is 26.2 Å². The molecule has 2 heterocycles. The first-order valence-corrected chi connectivity index (χ1v) is 9.39. The molecule has 1 N–H and O–H groups in total. The lowest BCUT2D eigenvalue weighted by Gasteiger charge is -2.34. The minimum Gasteiger partial charge on any atom is -0.380 e. The highest BCUT2D eigenvalue weighted by molar-refractivity contribution is 14.0. The largest absolute Gasteiger partial charge is 0.380 e. The molecule has 0 saturated carbocycles. The van der Waals surface area contributed by atoms with Crippen LogP contribution < -0.4 is 5.32 Å². The fourth-order valence-electron chi connectivity index (χ4n) is 3.23. The summed E-state index contributed by atoms with van der Waals surface area (Å²) in [5.74, 6) is 0.923. The molecule has 0 radical (unpaired) electrons. The zero-order valence-electron chi connectivity index (χ0n) is 16.8. The number of aliphatic imine (C=N–C) groups is 1. The SMILES string of the molecule is CCNC(=NCc1cccc(COC)c1)N1CCOC(c2cnn(C)c2)C1.I. The van der Waals surface area contributed by atoms with Crippen LogP contribution in [0.4, 0.5) is 0 Å². The third-order valence-electron chi connectivity index (χ3n) is 4.51. The number of aromatic nitrogens is 2. The van der Waals surface area contributed by atoms with Gasteiger partial charge in [0.15, 0.2) is 5.96 Å². The Morgan fingerprint density at radius 3 is 2.93 bits per heavy atom. The van der Waals surface area contributed by atoms with Gasteiger partial charge < -0.3 is 19.7 Å². The van der Waals surface area contributed by atoms with Gasteiger partial charge in [0, 0.05) is 39.0 Å². The van der Waals surface area contributed by atoms with E-state index in [-0.39, 0.29) is 30.1 Å². The number of hydrogen-bond acceptors (Lipinski definition) is 4. The molecular formula is C20H30IN5O2. The van der Waals surface area contributed by atoms with E-state index in [2.05, 4.69) is 46.5 Å². The molecule has 1 atom stereocenters. The quantitative estimate of drug-likeness (QED) is 0.376. The van der Waals surface area contributed by atoms with Gasteiger partial charge in [-0.25, -0.2) is 4.99 Å². The summed E-state index contributed by atoms with van der Waals surface area (Å²) < 4.78 is 13.0. The molecule has 1 fully saturated rings. The lowest BCUT2D eigenvalue weighted by molar-refractivity contribution is -0.00805. The maximum Gasteiger partial charge on any atom is 0.194 e. The Balaban J connectivity index is 0.00000280. The van der Waals surface area contributed by atoms with Crippen molar-refractivity contribution in [2.24, 2.45) is 12.0 Å². The first-order chi connectivity index (χ1) is 13.2. The first-order valence-electron chi connectivity index (χ1n) is 9.39. The number of aryl methyl sites for hydroxylation is 1. The molecule has 0 amide bonds. The van der Waals surface area contributed by atoms with Crippen LogP contribution in [0.2, 0.25) is 0 Å². The lowest BCUT2D eigenvalue weighted by atomic mass is 10.1. The second-order valence-corrected chi connectivity index (χ2v) is 6.68. The van der Waals surface area contributed by atoms with E-state index in [0.29, 0.717) is 19.8 Å². The number of nitrogens with one attached hydrogen (secondary N) is 1. The molecule has 154 valence electrons. The Kier molecular flexibility index (Phi) is 9.20. The predicted molar refractivity (Wildman–Crippen MR) is 121 cm³/mol. The number of hydrogen-bond donors (Lipinski definition) is 1. The molecule has 0 aliphatic carbocycles. The number of halogens is 1. The summed E-state index contributed by atoms with van der Waals surface area (Å²) >= 11 is 0. The van der Waals surface area contributed by atoms with Gasteiger partial charge in [-0.2, -0.15) is 5.10 Å². The monoisotopic (exact) mass is 499 g/mol. The van der Waals surface area contributed by atoms with Crippen molar-refractivity contribution in [1.29, 1.82) is 0 Å². The molecule has 2 aromatic rings. The van der Waals surface area contributed by atoms with Crippen LogP contribution in [0.15, 0.2) is 41.7 Å². The molecular weight excluding hydrogens is 469 g/mol. The molecule has 7 nitrogen and oxygen atoms in total. The Labute approximate surface area is 184 Å². The highest BCUT2D eigenvalue weighted by Gasteiger charge is 2.25. The number of rotatable bonds is 6. The molecule has 1 saturated heterocycles. The van der Waals surface area contributed by atoms with Crippen LogP contribution in [0, 0.1) is 0 Å². The second-order valence-electron chi connectivity index (χ2n) is 6.68. The smallest absolute Gasteiger partial charge is 0.194 e. The van der Waals surface area contributed by atoms with Crippen molar-refractivity contribution in [3.05, 3.63) is 53.3 Å². The summed E-state index contributed by atoms with van der Waals surface area (Å²) in [7, 11) is 3.64. The van der Waals surface area contributed by atoms with E-state index in [1.54, 1.807) is 7.11 Å². The molecule has 1 aromatic heterocycles. The van der Waals surface area contributed by atoms with Crippen LogP contribution in [0.3, 0.4) is 0 Å². The molecule has 8 heteroatoms. The Morgan fingerprint density at radius 1 is 1.39 bits per heavy atom. The first kappa shape index (κ1) is 22.6. The van der Waals surface area contributed by atoms with Gasteiger partial charge in [0.25, 0.3) is 0 Å². The standard InChI is InChI=1S/C20H29N5O2.HI/c1-4-21-20(22-11-16-6-5-7-17(10-16)15-26-3)25-8-9-27-19(14-25)18-12-23-24(2)13-18;/h5-7,10,12-13,19H,4,8-9,11,14-15H2,1-3H3,(H,21,22);1H. The maximum absolute atomic E-state index is 5.95. The van der Waals surface area contributed by atoms with Crippen molar-refractivity contribution in [2.75, 3.05) is 33.4 Å². The van der Waals surface area contributed by atoms with Gasteiger partial charge in [-0.05, 0) is 18.1 Å². The zero-order valence-corrected chi connectivity index (χ0v) is 19.1. The van der Waals surface area contributed by atoms with E-state index in [1.165, 1.54) is 11.1 Å². The minimum atomic E-state index is 0. The van der Waals surface area contributed by atoms with Crippen LogP contribution in [0.25, 0.3) is 0 Å². The zero-order chi connectivity index (χ0) is 19.1. The average Bonchev–Trinajstić information content (AvgIpc) is 3.12. The van der Waals surface area contributed by atoms with Crippen LogP contribution in [-0.2, 0) is 29.7 Å². The van der Waals surface area contributed by atoms with Crippen LogP contribution >= 0.6 is 24.0 Å². The summed E-state index contributed by atoms with van der Waals surface area (Å²) in [4.78, 5) is 7.12. The lowest BCUT2D eigenvalue weighted by Crippen LogP contribution is -2.48.